The third kappa shape index (κ3) is 4.75. The van der Waals surface area contributed by atoms with Crippen molar-refractivity contribution in [3.05, 3.63) is 101 Å². The molecule has 0 aliphatic carbocycles. The van der Waals surface area contributed by atoms with Crippen LogP contribution in [0.1, 0.15) is 27.2 Å². The van der Waals surface area contributed by atoms with Gasteiger partial charge in [-0.1, -0.05) is 59.7 Å². The van der Waals surface area contributed by atoms with E-state index >= 15 is 0 Å². The largest absolute Gasteiger partial charge is 0.497 e. The van der Waals surface area contributed by atoms with Crippen LogP contribution < -0.4 is 10.2 Å². The average Bonchev–Trinajstić information content (AvgIpc) is 3.26. The van der Waals surface area contributed by atoms with E-state index in [1.54, 1.807) is 24.1 Å². The molecule has 1 aromatic heterocycles. The number of benzene rings is 3. The highest BCUT2D eigenvalue weighted by molar-refractivity contribution is 5.94. The number of amides is 1. The molecule has 0 saturated carbocycles. The number of hydrogen-bond donors (Lipinski definition) is 1. The first-order valence-corrected chi connectivity index (χ1v) is 10.2. The van der Waals surface area contributed by atoms with Gasteiger partial charge in [0.05, 0.1) is 24.7 Å². The van der Waals surface area contributed by atoms with E-state index in [-0.39, 0.29) is 11.6 Å². The van der Waals surface area contributed by atoms with E-state index in [1.165, 1.54) is 5.56 Å². The highest BCUT2D eigenvalue weighted by atomic mass is 16.5. The van der Waals surface area contributed by atoms with Crippen LogP contribution in [-0.2, 0) is 0 Å². The van der Waals surface area contributed by atoms with Crippen molar-refractivity contribution in [1.82, 2.24) is 15.2 Å². The molecule has 0 fully saturated rings. The van der Waals surface area contributed by atoms with Crippen molar-refractivity contribution in [2.75, 3.05) is 7.11 Å². The average molecular weight is 425 g/mol. The van der Waals surface area contributed by atoms with Gasteiger partial charge < -0.3 is 4.74 Å². The van der Waals surface area contributed by atoms with Crippen molar-refractivity contribution in [1.29, 1.82) is 0 Å². The smallest absolute Gasteiger partial charge is 0.291 e. The molecule has 0 radical (unpaired) electrons. The maximum absolute atomic E-state index is 12.8. The van der Waals surface area contributed by atoms with Gasteiger partial charge in [-0.2, -0.15) is 10.2 Å². The normalized spacial score (nSPS) is 11.0. The van der Waals surface area contributed by atoms with Crippen LogP contribution >= 0.6 is 0 Å². The van der Waals surface area contributed by atoms with Crippen molar-refractivity contribution < 1.29 is 9.53 Å². The van der Waals surface area contributed by atoms with Crippen molar-refractivity contribution in [2.45, 2.75) is 13.8 Å². The Hall–Kier alpha value is -4.19. The van der Waals surface area contributed by atoms with Crippen LogP contribution in [0.3, 0.4) is 0 Å². The second kappa shape index (κ2) is 9.31. The molecule has 0 unspecified atom stereocenters. The van der Waals surface area contributed by atoms with Crippen LogP contribution in [0.15, 0.2) is 84.0 Å². The van der Waals surface area contributed by atoms with Gasteiger partial charge in [0.25, 0.3) is 5.91 Å². The summed E-state index contributed by atoms with van der Waals surface area (Å²) in [5, 5.41) is 8.64. The maximum atomic E-state index is 12.8. The van der Waals surface area contributed by atoms with E-state index in [0.29, 0.717) is 0 Å². The van der Waals surface area contributed by atoms with Crippen LogP contribution in [0.25, 0.3) is 16.9 Å². The minimum atomic E-state index is -0.386. The molecular formula is C26H24N4O2. The fraction of sp³-hybridized carbons (Fsp3) is 0.115. The number of ether oxygens (including phenoxy) is 1. The molecule has 1 amide bonds. The Balaban J connectivity index is 1.62. The molecule has 32 heavy (non-hydrogen) atoms. The predicted molar refractivity (Wildman–Crippen MR) is 127 cm³/mol. The number of carbonyl (C=O) groups excluding carboxylic acids is 1. The zero-order valence-corrected chi connectivity index (χ0v) is 18.2. The number of methoxy groups -OCH3 is 1. The SMILES string of the molecule is COc1cccc(/C=N\NC(=O)c2cc(-c3ccc(C)cc3)n(-c3ccc(C)cc3)n2)c1. The highest BCUT2D eigenvalue weighted by Crippen LogP contribution is 2.25. The number of nitrogens with one attached hydrogen (secondary N) is 1. The Morgan fingerprint density at radius 3 is 2.34 bits per heavy atom. The summed E-state index contributed by atoms with van der Waals surface area (Å²) in [5.74, 6) is 0.336. The van der Waals surface area contributed by atoms with Crippen LogP contribution in [0.4, 0.5) is 0 Å². The molecule has 0 aliphatic rings. The van der Waals surface area contributed by atoms with Crippen LogP contribution in [0.2, 0.25) is 0 Å². The van der Waals surface area contributed by atoms with E-state index in [2.05, 4.69) is 15.6 Å². The molecule has 160 valence electrons. The van der Waals surface area contributed by atoms with Gasteiger partial charge in [0.15, 0.2) is 5.69 Å². The minimum absolute atomic E-state index is 0.281. The Labute approximate surface area is 187 Å². The zero-order chi connectivity index (χ0) is 22.5. The van der Waals surface area contributed by atoms with Crippen LogP contribution in [0.5, 0.6) is 5.75 Å². The molecule has 4 aromatic rings. The number of aryl methyl sites for hydroxylation is 2. The first-order chi connectivity index (χ1) is 15.5. The molecule has 0 atom stereocenters. The maximum Gasteiger partial charge on any atom is 0.291 e. The van der Waals surface area contributed by atoms with Crippen molar-refractivity contribution in [3.8, 4) is 22.7 Å². The summed E-state index contributed by atoms with van der Waals surface area (Å²) in [4.78, 5) is 12.8. The number of hydrogen-bond acceptors (Lipinski definition) is 4. The van der Waals surface area contributed by atoms with Gasteiger partial charge in [-0.3, -0.25) is 4.79 Å². The molecule has 1 heterocycles. The summed E-state index contributed by atoms with van der Waals surface area (Å²) in [7, 11) is 1.61. The molecule has 3 aromatic carbocycles. The standard InChI is InChI=1S/C26H24N4O2/c1-18-7-11-21(12-8-18)25-16-24(29-30(25)22-13-9-19(2)10-14-22)26(31)28-27-17-20-5-4-6-23(15-20)32-3/h4-17H,1-3H3,(H,28,31)/b27-17-. The quantitative estimate of drug-likeness (QED) is 0.353. The summed E-state index contributed by atoms with van der Waals surface area (Å²) < 4.78 is 6.99. The number of aromatic nitrogens is 2. The van der Waals surface area contributed by atoms with Gasteiger partial charge in [-0.15, -0.1) is 0 Å². The van der Waals surface area contributed by atoms with Crippen LogP contribution in [-0.4, -0.2) is 29.0 Å². The number of carbonyl (C=O) groups is 1. The Bertz CT molecular complexity index is 1190. The van der Waals surface area contributed by atoms with E-state index in [4.69, 9.17) is 4.74 Å². The summed E-state index contributed by atoms with van der Waals surface area (Å²) in [6.45, 7) is 4.08. The van der Waals surface area contributed by atoms with Gasteiger partial charge in [-0.25, -0.2) is 10.1 Å². The van der Waals surface area contributed by atoms with Gasteiger partial charge in [-0.05, 0) is 49.7 Å². The summed E-state index contributed by atoms with van der Waals surface area (Å²) >= 11 is 0. The van der Waals surface area contributed by atoms with E-state index in [0.717, 1.165) is 33.8 Å². The van der Waals surface area contributed by atoms with E-state index in [1.807, 2.05) is 86.6 Å². The molecule has 0 saturated heterocycles. The van der Waals surface area contributed by atoms with Gasteiger partial charge >= 0.3 is 0 Å². The zero-order valence-electron chi connectivity index (χ0n) is 18.2. The molecule has 0 aliphatic heterocycles. The third-order valence-electron chi connectivity index (χ3n) is 5.04. The van der Waals surface area contributed by atoms with E-state index < -0.39 is 0 Å². The number of nitrogens with zero attached hydrogens (tertiary/aromatic N) is 3. The predicted octanol–water partition coefficient (Wildman–Crippen LogP) is 4.93. The number of rotatable bonds is 6. The number of hydrazone groups is 1. The lowest BCUT2D eigenvalue weighted by Gasteiger charge is -2.08. The van der Waals surface area contributed by atoms with Gasteiger partial charge in [0.2, 0.25) is 0 Å². The van der Waals surface area contributed by atoms with Crippen LogP contribution in [0, 0.1) is 13.8 Å². The third-order valence-corrected chi connectivity index (χ3v) is 5.04. The Morgan fingerprint density at radius 2 is 1.66 bits per heavy atom. The molecule has 0 spiro atoms. The fourth-order valence-corrected chi connectivity index (χ4v) is 3.25. The lowest BCUT2D eigenvalue weighted by Crippen LogP contribution is -2.18. The lowest BCUT2D eigenvalue weighted by molar-refractivity contribution is 0.0949. The molecule has 4 rings (SSSR count). The van der Waals surface area contributed by atoms with Crippen molar-refractivity contribution >= 4 is 12.1 Å². The fourth-order valence-electron chi connectivity index (χ4n) is 3.25. The van der Waals surface area contributed by atoms with E-state index in [9.17, 15) is 4.79 Å². The highest BCUT2D eigenvalue weighted by Gasteiger charge is 2.16. The second-order valence-corrected chi connectivity index (χ2v) is 7.50. The summed E-state index contributed by atoms with van der Waals surface area (Å²) in [5.41, 5.74) is 8.66. The molecule has 1 N–H and O–H groups in total. The molecule has 6 heteroatoms. The second-order valence-electron chi connectivity index (χ2n) is 7.50. The van der Waals surface area contributed by atoms with Gasteiger partial charge in [0.1, 0.15) is 5.75 Å². The summed E-state index contributed by atoms with van der Waals surface area (Å²) in [6.07, 6.45) is 1.57. The molecule has 6 nitrogen and oxygen atoms in total. The Morgan fingerprint density at radius 1 is 0.969 bits per heavy atom. The summed E-state index contributed by atoms with van der Waals surface area (Å²) in [6, 6.07) is 25.4. The molecular weight excluding hydrogens is 400 g/mol. The first-order valence-electron chi connectivity index (χ1n) is 10.2. The first kappa shape index (κ1) is 21.1. The Kier molecular flexibility index (Phi) is 6.12. The topological polar surface area (TPSA) is 68.5 Å². The minimum Gasteiger partial charge on any atom is -0.497 e. The monoisotopic (exact) mass is 424 g/mol. The molecule has 0 bridgehead atoms. The van der Waals surface area contributed by atoms with Crippen molar-refractivity contribution in [2.24, 2.45) is 5.10 Å². The van der Waals surface area contributed by atoms with Crippen molar-refractivity contribution in [3.63, 3.8) is 0 Å². The lowest BCUT2D eigenvalue weighted by atomic mass is 10.1. The van der Waals surface area contributed by atoms with Gasteiger partial charge in [0, 0.05) is 5.56 Å².